The molecule has 1 N–H and O–H groups in total. The van der Waals surface area contributed by atoms with Crippen LogP contribution in [0.3, 0.4) is 0 Å². The molecule has 0 fully saturated rings. The third-order valence-electron chi connectivity index (χ3n) is 1.50. The van der Waals surface area contributed by atoms with Gasteiger partial charge in [-0.05, 0) is 11.4 Å². The number of hydrogen-bond acceptors (Lipinski definition) is 3. The number of carboxylic acid groups (broad SMARTS) is 1. The number of nitrogens with zero attached hydrogens (tertiary/aromatic N) is 1. The summed E-state index contributed by atoms with van der Waals surface area (Å²) in [6.45, 7) is 0.350. The van der Waals surface area contributed by atoms with Gasteiger partial charge in [-0.25, -0.2) is 4.79 Å². The van der Waals surface area contributed by atoms with E-state index in [4.69, 9.17) is 5.11 Å². The van der Waals surface area contributed by atoms with E-state index in [9.17, 15) is 9.59 Å². The molecule has 4 nitrogen and oxygen atoms in total. The second-order valence-electron chi connectivity index (χ2n) is 2.55. The van der Waals surface area contributed by atoms with Crippen molar-refractivity contribution in [2.75, 3.05) is 7.05 Å². The largest absolute Gasteiger partial charge is 0.474 e. The Hall–Kier alpha value is -1.36. The summed E-state index contributed by atoms with van der Waals surface area (Å²) in [5.74, 6) is -2.30. The molecule has 70 valence electrons. The zero-order valence-electron chi connectivity index (χ0n) is 7.06. The highest BCUT2D eigenvalue weighted by atomic mass is 32.1. The minimum Gasteiger partial charge on any atom is -0.474 e. The number of rotatable bonds is 2. The molecule has 1 heterocycles. The average Bonchev–Trinajstić information content (AvgIpc) is 2.55. The minimum atomic E-state index is -1.42. The monoisotopic (exact) mass is 199 g/mol. The van der Waals surface area contributed by atoms with Gasteiger partial charge in [0.25, 0.3) is 0 Å². The van der Waals surface area contributed by atoms with Crippen molar-refractivity contribution in [2.45, 2.75) is 6.54 Å². The Morgan fingerprint density at radius 3 is 2.77 bits per heavy atom. The number of carbonyl (C=O) groups excluding carboxylic acids is 1. The first kappa shape index (κ1) is 9.73. The predicted molar refractivity (Wildman–Crippen MR) is 48.4 cm³/mol. The van der Waals surface area contributed by atoms with Crippen LogP contribution in [0, 0.1) is 0 Å². The maximum atomic E-state index is 10.9. The van der Waals surface area contributed by atoms with Gasteiger partial charge in [-0.2, -0.15) is 0 Å². The van der Waals surface area contributed by atoms with Gasteiger partial charge in [0.05, 0.1) is 6.54 Å². The lowest BCUT2D eigenvalue weighted by molar-refractivity contribution is -0.155. The highest BCUT2D eigenvalue weighted by Gasteiger charge is 2.16. The smallest absolute Gasteiger partial charge is 0.394 e. The van der Waals surface area contributed by atoms with Crippen molar-refractivity contribution in [3.63, 3.8) is 0 Å². The summed E-state index contributed by atoms with van der Waals surface area (Å²) in [7, 11) is 1.47. The van der Waals surface area contributed by atoms with Gasteiger partial charge in [0, 0.05) is 11.9 Å². The molecule has 0 saturated heterocycles. The van der Waals surface area contributed by atoms with E-state index in [0.29, 0.717) is 6.54 Å². The third kappa shape index (κ3) is 2.55. The third-order valence-corrected chi connectivity index (χ3v) is 2.36. The molecule has 1 amide bonds. The van der Waals surface area contributed by atoms with E-state index in [0.717, 1.165) is 4.88 Å². The first-order chi connectivity index (χ1) is 6.11. The van der Waals surface area contributed by atoms with Crippen molar-refractivity contribution in [3.8, 4) is 0 Å². The number of carbonyl (C=O) groups is 2. The Balaban J connectivity index is 2.55. The van der Waals surface area contributed by atoms with E-state index < -0.39 is 11.9 Å². The molecule has 0 spiro atoms. The Kier molecular flexibility index (Phi) is 3.02. The van der Waals surface area contributed by atoms with Crippen LogP contribution in [0.4, 0.5) is 0 Å². The SMILES string of the molecule is CN(Cc1cccs1)C(=O)C(=O)O. The highest BCUT2D eigenvalue weighted by Crippen LogP contribution is 2.10. The number of aliphatic carboxylic acids is 1. The van der Waals surface area contributed by atoms with Gasteiger partial charge in [-0.15, -0.1) is 11.3 Å². The summed E-state index contributed by atoms with van der Waals surface area (Å²) in [6, 6.07) is 3.72. The van der Waals surface area contributed by atoms with Crippen molar-refractivity contribution < 1.29 is 14.7 Å². The highest BCUT2D eigenvalue weighted by molar-refractivity contribution is 7.09. The van der Waals surface area contributed by atoms with E-state index in [1.165, 1.54) is 23.3 Å². The van der Waals surface area contributed by atoms with Crippen LogP contribution in [-0.4, -0.2) is 28.9 Å². The first-order valence-corrected chi connectivity index (χ1v) is 4.50. The fraction of sp³-hybridized carbons (Fsp3) is 0.250. The zero-order chi connectivity index (χ0) is 9.84. The molecule has 0 saturated carbocycles. The molecule has 0 atom stereocenters. The zero-order valence-corrected chi connectivity index (χ0v) is 7.87. The second kappa shape index (κ2) is 4.04. The number of thiophene rings is 1. The fourth-order valence-electron chi connectivity index (χ4n) is 0.871. The summed E-state index contributed by atoms with van der Waals surface area (Å²) in [5.41, 5.74) is 0. The van der Waals surface area contributed by atoms with Gasteiger partial charge in [-0.1, -0.05) is 6.07 Å². The maximum Gasteiger partial charge on any atom is 0.394 e. The van der Waals surface area contributed by atoms with E-state index in [1.807, 2.05) is 17.5 Å². The van der Waals surface area contributed by atoms with Gasteiger partial charge in [-0.3, -0.25) is 4.79 Å². The van der Waals surface area contributed by atoms with E-state index in [2.05, 4.69) is 0 Å². The summed E-state index contributed by atoms with van der Waals surface area (Å²) in [5, 5.41) is 10.3. The van der Waals surface area contributed by atoms with Crippen molar-refractivity contribution >= 4 is 23.2 Å². The second-order valence-corrected chi connectivity index (χ2v) is 3.58. The number of amides is 1. The van der Waals surface area contributed by atoms with Crippen LogP contribution in [-0.2, 0) is 16.1 Å². The molecule has 0 aliphatic carbocycles. The lowest BCUT2D eigenvalue weighted by Crippen LogP contribution is -2.32. The molecule has 0 bridgehead atoms. The molecule has 1 aromatic heterocycles. The molecule has 0 aromatic carbocycles. The lowest BCUT2D eigenvalue weighted by Gasteiger charge is -2.12. The van der Waals surface area contributed by atoms with Crippen LogP contribution in [0.5, 0.6) is 0 Å². The number of carboxylic acids is 1. The van der Waals surface area contributed by atoms with E-state index in [1.54, 1.807) is 0 Å². The van der Waals surface area contributed by atoms with Crippen LogP contribution < -0.4 is 0 Å². The minimum absolute atomic E-state index is 0.350. The van der Waals surface area contributed by atoms with Gasteiger partial charge in [0.2, 0.25) is 0 Å². The fourth-order valence-corrected chi connectivity index (χ4v) is 1.63. The summed E-state index contributed by atoms with van der Waals surface area (Å²) < 4.78 is 0. The van der Waals surface area contributed by atoms with Gasteiger partial charge >= 0.3 is 11.9 Å². The molecule has 0 aliphatic rings. The van der Waals surface area contributed by atoms with Gasteiger partial charge in [0.15, 0.2) is 0 Å². The Morgan fingerprint density at radius 1 is 1.62 bits per heavy atom. The quantitative estimate of drug-likeness (QED) is 0.716. The van der Waals surface area contributed by atoms with Crippen molar-refractivity contribution in [1.82, 2.24) is 4.90 Å². The van der Waals surface area contributed by atoms with Crippen molar-refractivity contribution in [3.05, 3.63) is 22.4 Å². The number of likely N-dealkylation sites (N-methyl/N-ethyl adjacent to an activating group) is 1. The van der Waals surface area contributed by atoms with Crippen LogP contribution in [0.2, 0.25) is 0 Å². The summed E-state index contributed by atoms with van der Waals surface area (Å²) >= 11 is 1.49. The van der Waals surface area contributed by atoms with E-state index >= 15 is 0 Å². The van der Waals surface area contributed by atoms with Crippen LogP contribution >= 0.6 is 11.3 Å². The molecular weight excluding hydrogens is 190 g/mol. The topological polar surface area (TPSA) is 57.6 Å². The Labute approximate surface area is 79.4 Å². The summed E-state index contributed by atoms with van der Waals surface area (Å²) in [6.07, 6.45) is 0. The lowest BCUT2D eigenvalue weighted by atomic mass is 10.4. The van der Waals surface area contributed by atoms with Crippen molar-refractivity contribution in [2.24, 2.45) is 0 Å². The molecule has 1 aromatic rings. The molecule has 1 rings (SSSR count). The van der Waals surface area contributed by atoms with Gasteiger partial charge in [0.1, 0.15) is 0 Å². The Morgan fingerprint density at radius 2 is 2.31 bits per heavy atom. The van der Waals surface area contributed by atoms with E-state index in [-0.39, 0.29) is 0 Å². The normalized spacial score (nSPS) is 9.62. The molecule has 0 aliphatic heterocycles. The molecule has 0 unspecified atom stereocenters. The number of hydrogen-bond donors (Lipinski definition) is 1. The van der Waals surface area contributed by atoms with Crippen LogP contribution in [0.15, 0.2) is 17.5 Å². The van der Waals surface area contributed by atoms with Crippen LogP contribution in [0.25, 0.3) is 0 Å². The molecule has 5 heteroatoms. The maximum absolute atomic E-state index is 10.9. The standard InChI is InChI=1S/C8H9NO3S/c1-9(7(10)8(11)12)5-6-3-2-4-13-6/h2-4H,5H2,1H3,(H,11,12). The first-order valence-electron chi connectivity index (χ1n) is 3.62. The van der Waals surface area contributed by atoms with Gasteiger partial charge < -0.3 is 10.0 Å². The molecule has 13 heavy (non-hydrogen) atoms. The van der Waals surface area contributed by atoms with Crippen LogP contribution in [0.1, 0.15) is 4.88 Å². The predicted octanol–water partition coefficient (Wildman–Crippen LogP) is 0.791. The molecular formula is C8H9NO3S. The average molecular weight is 199 g/mol. The van der Waals surface area contributed by atoms with Crippen molar-refractivity contribution in [1.29, 1.82) is 0 Å². The Bertz CT molecular complexity index is 307. The summed E-state index contributed by atoms with van der Waals surface area (Å²) in [4.78, 5) is 23.3. The molecule has 0 radical (unpaired) electrons.